The van der Waals surface area contributed by atoms with Crippen LogP contribution in [-0.4, -0.2) is 14.5 Å². The summed E-state index contributed by atoms with van der Waals surface area (Å²) < 4.78 is 17.3. The molecule has 3 aromatic carbocycles. The molecule has 4 nitrogen and oxygen atoms in total. The molecule has 1 aliphatic rings. The predicted octanol–water partition coefficient (Wildman–Crippen LogP) is 4.60. The van der Waals surface area contributed by atoms with Gasteiger partial charge in [-0.1, -0.05) is 49.4 Å². The van der Waals surface area contributed by atoms with Crippen molar-refractivity contribution in [2.24, 2.45) is 0 Å². The normalized spacial score (nSPS) is 16.9. The van der Waals surface area contributed by atoms with E-state index < -0.39 is 7.14 Å². The number of para-hydroxylation sites is 1. The van der Waals surface area contributed by atoms with Gasteiger partial charge in [0.25, 0.3) is 0 Å². The second-order valence-electron chi connectivity index (χ2n) is 7.75. The van der Waals surface area contributed by atoms with Gasteiger partial charge >= 0.3 is 0 Å². The summed E-state index contributed by atoms with van der Waals surface area (Å²) in [5.74, 6) is 0.986. The van der Waals surface area contributed by atoms with Crippen molar-refractivity contribution in [1.29, 1.82) is 0 Å². The molecule has 0 amide bonds. The first kappa shape index (κ1) is 18.3. The molecule has 0 aliphatic carbocycles. The number of pyridine rings is 1. The van der Waals surface area contributed by atoms with Crippen molar-refractivity contribution in [2.75, 3.05) is 0 Å². The van der Waals surface area contributed by atoms with Crippen LogP contribution in [0.4, 0.5) is 0 Å². The number of hydrogen-bond acceptors (Lipinski definition) is 3. The topological polar surface area (TPSA) is 47.8 Å². The Bertz CT molecular complexity index is 1490. The van der Waals surface area contributed by atoms with E-state index in [-0.39, 0.29) is 0 Å². The summed E-state index contributed by atoms with van der Waals surface area (Å²) in [4.78, 5) is 9.01. The van der Waals surface area contributed by atoms with Gasteiger partial charge in [-0.05, 0) is 47.5 Å². The molecule has 150 valence electrons. The zero-order valence-electron chi connectivity index (χ0n) is 17.1. The van der Waals surface area contributed by atoms with Crippen LogP contribution in [0.5, 0.6) is 0 Å². The van der Waals surface area contributed by atoms with Gasteiger partial charge in [0, 0.05) is 34.7 Å². The summed E-state index contributed by atoms with van der Waals surface area (Å²) in [5.41, 5.74) is 4.92. The van der Waals surface area contributed by atoms with Crippen LogP contribution >= 0.6 is 7.14 Å². The van der Waals surface area contributed by atoms with Crippen LogP contribution in [0, 0.1) is 0 Å². The number of aryl methyl sites for hydroxylation is 1. The third kappa shape index (κ3) is 2.52. The molecule has 0 N–H and O–H groups in total. The van der Waals surface area contributed by atoms with Crippen LogP contribution in [0.15, 0.2) is 91.3 Å². The quantitative estimate of drug-likeness (QED) is 0.392. The van der Waals surface area contributed by atoms with Gasteiger partial charge in [0.15, 0.2) is 7.14 Å². The van der Waals surface area contributed by atoms with Gasteiger partial charge in [-0.15, -0.1) is 0 Å². The standard InChI is InChI=1S/C26H20N3OP/c1-2-25-28-21-9-6-10-23-26(21)29(25)22-12-11-19(18-13-15-27-16-14-18)17-24(22)31(23,30)20-7-4-3-5-8-20/h3-17H,2H2,1H3. The summed E-state index contributed by atoms with van der Waals surface area (Å²) >= 11 is 0. The Kier molecular flexibility index (Phi) is 3.99. The van der Waals surface area contributed by atoms with Gasteiger partial charge < -0.3 is 4.57 Å². The first-order valence-corrected chi connectivity index (χ1v) is 12.1. The number of aromatic nitrogens is 3. The van der Waals surface area contributed by atoms with E-state index >= 15 is 4.57 Å². The zero-order valence-corrected chi connectivity index (χ0v) is 18.0. The highest BCUT2D eigenvalue weighted by molar-refractivity contribution is 7.86. The molecule has 2 aromatic heterocycles. The molecule has 0 spiro atoms. The second kappa shape index (κ2) is 6.76. The van der Waals surface area contributed by atoms with Crippen molar-refractivity contribution in [3.05, 3.63) is 97.1 Å². The molecule has 0 bridgehead atoms. The van der Waals surface area contributed by atoms with Gasteiger partial charge in [0.2, 0.25) is 0 Å². The van der Waals surface area contributed by atoms with Gasteiger partial charge in [0.05, 0.1) is 16.7 Å². The van der Waals surface area contributed by atoms with Gasteiger partial charge in [-0.3, -0.25) is 9.55 Å². The van der Waals surface area contributed by atoms with E-state index in [1.54, 1.807) is 12.4 Å². The average Bonchev–Trinajstić information content (AvgIpc) is 3.23. The molecule has 5 heteroatoms. The SMILES string of the molecule is CCc1nc2cccc3c2n1-c1ccc(-c2ccncc2)cc1P3(=O)c1ccccc1. The fraction of sp³-hybridized carbons (Fsp3) is 0.0769. The van der Waals surface area contributed by atoms with Crippen LogP contribution in [0.2, 0.25) is 0 Å². The number of imidazole rings is 1. The lowest BCUT2D eigenvalue weighted by atomic mass is 10.1. The third-order valence-corrected chi connectivity index (χ3v) is 9.17. The Balaban J connectivity index is 1.76. The summed E-state index contributed by atoms with van der Waals surface area (Å²) in [6.45, 7) is 2.11. The fourth-order valence-electron chi connectivity index (χ4n) is 4.64. The number of benzene rings is 3. The van der Waals surface area contributed by atoms with Crippen LogP contribution in [0.25, 0.3) is 27.8 Å². The predicted molar refractivity (Wildman–Crippen MR) is 127 cm³/mol. The van der Waals surface area contributed by atoms with Crippen LogP contribution in [0.3, 0.4) is 0 Å². The van der Waals surface area contributed by atoms with Gasteiger partial charge in [0.1, 0.15) is 5.82 Å². The van der Waals surface area contributed by atoms with E-state index in [0.717, 1.165) is 56.0 Å². The van der Waals surface area contributed by atoms with Crippen molar-refractivity contribution in [2.45, 2.75) is 13.3 Å². The van der Waals surface area contributed by atoms with E-state index in [4.69, 9.17) is 4.98 Å². The molecule has 3 heterocycles. The molecule has 5 aromatic rings. The second-order valence-corrected chi connectivity index (χ2v) is 10.4. The lowest BCUT2D eigenvalue weighted by Gasteiger charge is -2.29. The molecule has 1 aliphatic heterocycles. The van der Waals surface area contributed by atoms with Crippen LogP contribution in [-0.2, 0) is 11.0 Å². The summed E-state index contributed by atoms with van der Waals surface area (Å²) in [7, 11) is -3.09. The Labute approximate surface area is 180 Å². The minimum absolute atomic E-state index is 0.801. The largest absolute Gasteiger partial charge is 0.308 e. The Morgan fingerprint density at radius 1 is 0.839 bits per heavy atom. The highest BCUT2D eigenvalue weighted by Gasteiger charge is 2.39. The molecule has 31 heavy (non-hydrogen) atoms. The molecule has 0 radical (unpaired) electrons. The average molecular weight is 421 g/mol. The fourth-order valence-corrected chi connectivity index (χ4v) is 7.68. The lowest BCUT2D eigenvalue weighted by molar-refractivity contribution is 0.592. The van der Waals surface area contributed by atoms with Crippen molar-refractivity contribution in [1.82, 2.24) is 14.5 Å². The molecular formula is C26H20N3OP. The van der Waals surface area contributed by atoms with Gasteiger partial charge in [-0.2, -0.15) is 0 Å². The first-order valence-electron chi connectivity index (χ1n) is 10.4. The van der Waals surface area contributed by atoms with E-state index in [1.165, 1.54) is 0 Å². The lowest BCUT2D eigenvalue weighted by Crippen LogP contribution is -2.33. The zero-order chi connectivity index (χ0) is 21.0. The monoisotopic (exact) mass is 421 g/mol. The minimum Gasteiger partial charge on any atom is -0.308 e. The van der Waals surface area contributed by atoms with E-state index in [9.17, 15) is 0 Å². The summed E-state index contributed by atoms with van der Waals surface area (Å²) in [6, 6.07) is 26.1. The van der Waals surface area contributed by atoms with Crippen molar-refractivity contribution in [3.63, 3.8) is 0 Å². The van der Waals surface area contributed by atoms with Crippen molar-refractivity contribution < 1.29 is 4.57 Å². The maximum Gasteiger partial charge on any atom is 0.175 e. The van der Waals surface area contributed by atoms with E-state index in [0.29, 0.717) is 0 Å². The maximum absolute atomic E-state index is 15.1. The molecule has 1 unspecified atom stereocenters. The Hall–Kier alpha value is -3.49. The molecule has 0 fully saturated rings. The van der Waals surface area contributed by atoms with Crippen LogP contribution in [0.1, 0.15) is 12.7 Å². The van der Waals surface area contributed by atoms with Gasteiger partial charge in [-0.25, -0.2) is 4.98 Å². The molecular weight excluding hydrogens is 401 g/mol. The number of nitrogens with zero attached hydrogens (tertiary/aromatic N) is 3. The van der Waals surface area contributed by atoms with Crippen molar-refractivity contribution in [3.8, 4) is 16.8 Å². The first-order chi connectivity index (χ1) is 15.2. The summed E-state index contributed by atoms with van der Waals surface area (Å²) in [6.07, 6.45) is 4.38. The van der Waals surface area contributed by atoms with E-state index in [2.05, 4.69) is 34.7 Å². The third-order valence-electron chi connectivity index (χ3n) is 6.07. The van der Waals surface area contributed by atoms with Crippen LogP contribution < -0.4 is 15.9 Å². The Morgan fingerprint density at radius 3 is 2.42 bits per heavy atom. The molecule has 0 saturated carbocycles. The molecule has 0 saturated heterocycles. The summed E-state index contributed by atoms with van der Waals surface area (Å²) in [5, 5.41) is 2.57. The number of fused-ring (bicyclic) bond motifs is 2. The van der Waals surface area contributed by atoms with E-state index in [1.807, 2.05) is 60.7 Å². The Morgan fingerprint density at radius 2 is 1.65 bits per heavy atom. The highest BCUT2D eigenvalue weighted by Crippen LogP contribution is 2.49. The number of rotatable bonds is 3. The van der Waals surface area contributed by atoms with Crippen molar-refractivity contribution >= 4 is 34.1 Å². The molecule has 6 rings (SSSR count). The highest BCUT2D eigenvalue weighted by atomic mass is 31.2. The molecule has 1 atom stereocenters. The smallest absolute Gasteiger partial charge is 0.175 e. The number of hydrogen-bond donors (Lipinski definition) is 0. The minimum atomic E-state index is -3.09. The maximum atomic E-state index is 15.1.